The first-order valence-electron chi connectivity index (χ1n) is 9.54. The lowest BCUT2D eigenvalue weighted by atomic mass is 10.1. The minimum atomic E-state index is -0.0945. The molecule has 3 heterocycles. The fourth-order valence-electron chi connectivity index (χ4n) is 4.01. The minimum Gasteiger partial charge on any atom is -0.378 e. The molecule has 0 saturated carbocycles. The number of anilines is 2. The van der Waals surface area contributed by atoms with Gasteiger partial charge in [0.1, 0.15) is 0 Å². The summed E-state index contributed by atoms with van der Waals surface area (Å²) in [5.41, 5.74) is 3.39. The van der Waals surface area contributed by atoms with Crippen molar-refractivity contribution in [3.63, 3.8) is 0 Å². The van der Waals surface area contributed by atoms with Gasteiger partial charge >= 0.3 is 0 Å². The van der Waals surface area contributed by atoms with Crippen LogP contribution in [0.2, 0.25) is 0 Å². The SMILES string of the molecule is CN(Cc1ccccc1N1CCOCC1)C1CCN(c2cnn(C)c2)C1=O. The zero-order valence-electron chi connectivity index (χ0n) is 16.0. The number of hydrogen-bond donors (Lipinski definition) is 0. The zero-order valence-corrected chi connectivity index (χ0v) is 16.0. The summed E-state index contributed by atoms with van der Waals surface area (Å²) in [5, 5.41) is 4.19. The lowest BCUT2D eigenvalue weighted by molar-refractivity contribution is -0.121. The number of aromatic nitrogens is 2. The van der Waals surface area contributed by atoms with Crippen LogP contribution in [0.1, 0.15) is 12.0 Å². The maximum Gasteiger partial charge on any atom is 0.244 e. The predicted molar refractivity (Wildman–Crippen MR) is 105 cm³/mol. The first-order valence-corrected chi connectivity index (χ1v) is 9.54. The third-order valence-electron chi connectivity index (χ3n) is 5.48. The third-order valence-corrected chi connectivity index (χ3v) is 5.48. The van der Waals surface area contributed by atoms with Crippen molar-refractivity contribution >= 4 is 17.3 Å². The fourth-order valence-corrected chi connectivity index (χ4v) is 4.01. The number of amides is 1. The number of carbonyl (C=O) groups is 1. The van der Waals surface area contributed by atoms with Gasteiger partial charge in [0.15, 0.2) is 0 Å². The second-order valence-electron chi connectivity index (χ2n) is 7.31. The standard InChI is InChI=1S/C20H27N5O2/c1-22(19-7-8-25(20(19)26)17-13-21-23(2)15-17)14-16-5-3-4-6-18(16)24-9-11-27-12-10-24/h3-6,13,15,19H,7-12,14H2,1-2H3. The van der Waals surface area contributed by atoms with Crippen molar-refractivity contribution in [3.05, 3.63) is 42.2 Å². The number of carbonyl (C=O) groups excluding carboxylic acids is 1. The van der Waals surface area contributed by atoms with Crippen LogP contribution in [-0.4, -0.2) is 66.5 Å². The van der Waals surface area contributed by atoms with E-state index in [0.29, 0.717) is 0 Å². The van der Waals surface area contributed by atoms with Crippen molar-refractivity contribution < 1.29 is 9.53 Å². The second kappa shape index (κ2) is 7.70. The van der Waals surface area contributed by atoms with Crippen LogP contribution in [0.25, 0.3) is 0 Å². The fraction of sp³-hybridized carbons (Fsp3) is 0.500. The van der Waals surface area contributed by atoms with E-state index in [0.717, 1.165) is 51.5 Å². The Labute approximate surface area is 160 Å². The lowest BCUT2D eigenvalue weighted by Crippen LogP contribution is -2.40. The lowest BCUT2D eigenvalue weighted by Gasteiger charge is -2.32. The summed E-state index contributed by atoms with van der Waals surface area (Å²) in [5.74, 6) is 0.161. The Morgan fingerprint density at radius 3 is 2.74 bits per heavy atom. The Morgan fingerprint density at radius 2 is 2.00 bits per heavy atom. The molecule has 1 amide bonds. The molecule has 7 nitrogen and oxygen atoms in total. The van der Waals surface area contributed by atoms with Crippen LogP contribution in [0.4, 0.5) is 11.4 Å². The van der Waals surface area contributed by atoms with E-state index in [1.165, 1.54) is 11.3 Å². The van der Waals surface area contributed by atoms with Gasteiger partial charge in [0.2, 0.25) is 5.91 Å². The summed E-state index contributed by atoms with van der Waals surface area (Å²) >= 11 is 0. The number of nitrogens with zero attached hydrogens (tertiary/aromatic N) is 5. The normalized spacial score (nSPS) is 20.7. The van der Waals surface area contributed by atoms with E-state index in [1.54, 1.807) is 10.9 Å². The minimum absolute atomic E-state index is 0.0945. The number of para-hydroxylation sites is 1. The maximum absolute atomic E-state index is 13.0. The first-order chi connectivity index (χ1) is 13.1. The maximum atomic E-state index is 13.0. The van der Waals surface area contributed by atoms with Gasteiger partial charge in [0.25, 0.3) is 0 Å². The molecule has 2 fully saturated rings. The topological polar surface area (TPSA) is 53.8 Å². The van der Waals surface area contributed by atoms with Gasteiger partial charge in [-0.05, 0) is 25.1 Å². The summed E-state index contributed by atoms with van der Waals surface area (Å²) < 4.78 is 7.22. The molecule has 2 aromatic rings. The molecule has 1 atom stereocenters. The van der Waals surface area contributed by atoms with Gasteiger partial charge in [0, 0.05) is 45.1 Å². The van der Waals surface area contributed by atoms with Gasteiger partial charge in [0.05, 0.1) is 31.1 Å². The molecule has 2 saturated heterocycles. The van der Waals surface area contributed by atoms with E-state index < -0.39 is 0 Å². The summed E-state index contributed by atoms with van der Waals surface area (Å²) in [7, 11) is 3.92. The highest BCUT2D eigenvalue weighted by atomic mass is 16.5. The van der Waals surface area contributed by atoms with Gasteiger partial charge in [-0.3, -0.25) is 14.4 Å². The highest BCUT2D eigenvalue weighted by molar-refractivity contribution is 5.99. The monoisotopic (exact) mass is 369 g/mol. The molecule has 27 heavy (non-hydrogen) atoms. The van der Waals surface area contributed by atoms with Crippen molar-refractivity contribution in [1.29, 1.82) is 0 Å². The number of ether oxygens (including phenoxy) is 1. The van der Waals surface area contributed by atoms with E-state index >= 15 is 0 Å². The van der Waals surface area contributed by atoms with Gasteiger partial charge in [-0.1, -0.05) is 18.2 Å². The molecule has 2 aliphatic rings. The van der Waals surface area contributed by atoms with E-state index in [9.17, 15) is 4.79 Å². The summed E-state index contributed by atoms with van der Waals surface area (Å²) in [6.07, 6.45) is 4.49. The van der Waals surface area contributed by atoms with Crippen LogP contribution in [0.15, 0.2) is 36.7 Å². The summed E-state index contributed by atoms with van der Waals surface area (Å²) in [4.78, 5) is 19.4. The predicted octanol–water partition coefficient (Wildman–Crippen LogP) is 1.49. The van der Waals surface area contributed by atoms with E-state index in [4.69, 9.17) is 4.74 Å². The zero-order chi connectivity index (χ0) is 18.8. The van der Waals surface area contributed by atoms with E-state index in [1.807, 2.05) is 25.2 Å². The second-order valence-corrected chi connectivity index (χ2v) is 7.31. The average molecular weight is 369 g/mol. The van der Waals surface area contributed by atoms with Crippen molar-refractivity contribution in [2.24, 2.45) is 7.05 Å². The molecular formula is C20H27N5O2. The Hall–Kier alpha value is -2.38. The first kappa shape index (κ1) is 18.0. The van der Waals surface area contributed by atoms with Gasteiger partial charge in [-0.25, -0.2) is 0 Å². The Bertz CT molecular complexity index is 799. The van der Waals surface area contributed by atoms with Gasteiger partial charge in [-0.15, -0.1) is 0 Å². The van der Waals surface area contributed by atoms with E-state index in [-0.39, 0.29) is 11.9 Å². The van der Waals surface area contributed by atoms with Crippen LogP contribution in [0, 0.1) is 0 Å². The Morgan fingerprint density at radius 1 is 1.22 bits per heavy atom. The highest BCUT2D eigenvalue weighted by Crippen LogP contribution is 2.27. The van der Waals surface area contributed by atoms with Crippen molar-refractivity contribution in [2.75, 3.05) is 49.7 Å². The number of morpholine rings is 1. The number of benzene rings is 1. The van der Waals surface area contributed by atoms with Crippen LogP contribution < -0.4 is 9.80 Å². The number of aryl methyl sites for hydroxylation is 1. The smallest absolute Gasteiger partial charge is 0.244 e. The average Bonchev–Trinajstić information content (AvgIpc) is 3.28. The Balaban J connectivity index is 1.47. The van der Waals surface area contributed by atoms with Gasteiger partial charge < -0.3 is 14.5 Å². The largest absolute Gasteiger partial charge is 0.378 e. The molecule has 0 spiro atoms. The molecule has 0 radical (unpaired) electrons. The molecule has 2 aliphatic heterocycles. The highest BCUT2D eigenvalue weighted by Gasteiger charge is 2.36. The summed E-state index contributed by atoms with van der Waals surface area (Å²) in [6, 6.07) is 8.40. The molecule has 1 aromatic carbocycles. The molecule has 1 unspecified atom stereocenters. The van der Waals surface area contributed by atoms with Crippen LogP contribution >= 0.6 is 0 Å². The molecule has 4 rings (SSSR count). The number of likely N-dealkylation sites (N-methyl/N-ethyl adjacent to an activating group) is 1. The van der Waals surface area contributed by atoms with Crippen molar-refractivity contribution in [1.82, 2.24) is 14.7 Å². The molecule has 7 heteroatoms. The van der Waals surface area contributed by atoms with Crippen molar-refractivity contribution in [2.45, 2.75) is 19.0 Å². The van der Waals surface area contributed by atoms with E-state index in [2.05, 4.69) is 39.2 Å². The molecule has 1 aromatic heterocycles. The molecular weight excluding hydrogens is 342 g/mol. The number of rotatable bonds is 5. The molecule has 0 bridgehead atoms. The van der Waals surface area contributed by atoms with Gasteiger partial charge in [-0.2, -0.15) is 5.10 Å². The van der Waals surface area contributed by atoms with Crippen LogP contribution in [0.5, 0.6) is 0 Å². The number of hydrogen-bond acceptors (Lipinski definition) is 5. The molecule has 0 aliphatic carbocycles. The van der Waals surface area contributed by atoms with Crippen LogP contribution in [0.3, 0.4) is 0 Å². The summed E-state index contributed by atoms with van der Waals surface area (Å²) in [6.45, 7) is 4.86. The third kappa shape index (κ3) is 3.70. The Kier molecular flexibility index (Phi) is 5.13. The quantitative estimate of drug-likeness (QED) is 0.799. The van der Waals surface area contributed by atoms with Crippen molar-refractivity contribution in [3.8, 4) is 0 Å². The molecule has 0 N–H and O–H groups in total. The molecule has 144 valence electrons. The van der Waals surface area contributed by atoms with Crippen LogP contribution in [-0.2, 0) is 23.1 Å².